The van der Waals surface area contributed by atoms with E-state index in [2.05, 4.69) is 0 Å². The topological polar surface area (TPSA) is 89.6 Å². The number of carbonyl (C=O) groups is 2. The zero-order chi connectivity index (χ0) is 14.3. The van der Waals surface area contributed by atoms with Gasteiger partial charge in [-0.2, -0.15) is 0 Å². The lowest BCUT2D eigenvalue weighted by Crippen LogP contribution is -2.34. The lowest BCUT2D eigenvalue weighted by Gasteiger charge is -2.28. The van der Waals surface area contributed by atoms with Crippen LogP contribution in [0.3, 0.4) is 0 Å². The van der Waals surface area contributed by atoms with Crippen LogP contribution in [0, 0.1) is 5.92 Å². The van der Waals surface area contributed by atoms with Crippen LogP contribution < -0.4 is 5.73 Å². The van der Waals surface area contributed by atoms with Crippen molar-refractivity contribution in [3.8, 4) is 0 Å². The van der Waals surface area contributed by atoms with Crippen LogP contribution >= 0.6 is 0 Å². The van der Waals surface area contributed by atoms with Crippen molar-refractivity contribution in [2.24, 2.45) is 11.7 Å². The Morgan fingerprint density at radius 1 is 1.17 bits per heavy atom. The summed E-state index contributed by atoms with van der Waals surface area (Å²) in [7, 11) is 0. The molecule has 1 aliphatic carbocycles. The van der Waals surface area contributed by atoms with Gasteiger partial charge in [0.1, 0.15) is 5.60 Å². The highest BCUT2D eigenvalue weighted by molar-refractivity contribution is 5.73. The Labute approximate surface area is 109 Å². The van der Waals surface area contributed by atoms with Gasteiger partial charge in [0.15, 0.2) is 0 Å². The number of ether oxygens (including phenoxy) is 1. The summed E-state index contributed by atoms with van der Waals surface area (Å²) in [5.41, 5.74) is 5.41. The van der Waals surface area contributed by atoms with Gasteiger partial charge in [0.2, 0.25) is 0 Å². The van der Waals surface area contributed by atoms with Crippen molar-refractivity contribution in [3.63, 3.8) is 0 Å². The van der Waals surface area contributed by atoms with Crippen molar-refractivity contribution in [1.29, 1.82) is 0 Å². The molecule has 0 aromatic rings. The van der Waals surface area contributed by atoms with Crippen LogP contribution in [0.5, 0.6) is 0 Å². The Kier molecular flexibility index (Phi) is 6.91. The molecule has 0 saturated heterocycles. The third-order valence-electron chi connectivity index (χ3n) is 2.51. The van der Waals surface area contributed by atoms with Crippen molar-refractivity contribution in [2.75, 3.05) is 0 Å². The molecule has 1 rings (SSSR count). The molecule has 1 aliphatic rings. The smallest absolute Gasteiger partial charge is 0.309 e. The first-order valence-electron chi connectivity index (χ1n) is 6.30. The Morgan fingerprint density at radius 3 is 1.89 bits per heavy atom. The van der Waals surface area contributed by atoms with Gasteiger partial charge < -0.3 is 15.6 Å². The molecule has 0 aromatic carbocycles. The van der Waals surface area contributed by atoms with Gasteiger partial charge in [-0.1, -0.05) is 0 Å². The zero-order valence-electron chi connectivity index (χ0n) is 11.7. The Morgan fingerprint density at radius 2 is 1.56 bits per heavy atom. The van der Waals surface area contributed by atoms with E-state index in [1.165, 1.54) is 0 Å². The summed E-state index contributed by atoms with van der Waals surface area (Å²) in [5, 5.41) is 7.42. The second kappa shape index (κ2) is 7.36. The van der Waals surface area contributed by atoms with Crippen LogP contribution in [0.15, 0.2) is 0 Å². The van der Waals surface area contributed by atoms with Gasteiger partial charge >= 0.3 is 5.97 Å². The summed E-state index contributed by atoms with van der Waals surface area (Å²) >= 11 is 0. The van der Waals surface area contributed by atoms with Crippen molar-refractivity contribution >= 4 is 11.9 Å². The van der Waals surface area contributed by atoms with E-state index in [-0.39, 0.29) is 23.5 Å². The zero-order valence-corrected chi connectivity index (χ0v) is 11.7. The van der Waals surface area contributed by atoms with Gasteiger partial charge in [0.05, 0.1) is 5.92 Å². The largest absolute Gasteiger partial charge is 0.481 e. The number of carbonyl (C=O) groups excluding carboxylic acids is 1. The standard InChI is InChI=1S/C11H21NO2.C2H4O2/c1-11(2,3)14-10(13)8-4-6-9(12)7-5-8;1-2(3)4/h8-9H,4-7,12H2,1-3H3;1H3,(H,3,4). The predicted octanol–water partition coefficient (Wildman–Crippen LogP) is 1.94. The van der Waals surface area contributed by atoms with Crippen LogP contribution in [0.1, 0.15) is 53.4 Å². The summed E-state index contributed by atoms with van der Waals surface area (Å²) in [6.07, 6.45) is 3.67. The molecule has 0 heterocycles. The van der Waals surface area contributed by atoms with E-state index < -0.39 is 5.97 Å². The quantitative estimate of drug-likeness (QED) is 0.702. The minimum Gasteiger partial charge on any atom is -0.481 e. The van der Waals surface area contributed by atoms with Gasteiger partial charge in [-0.05, 0) is 46.5 Å². The van der Waals surface area contributed by atoms with Crippen LogP contribution in [-0.2, 0) is 14.3 Å². The predicted molar refractivity (Wildman–Crippen MR) is 69.1 cm³/mol. The molecule has 0 aliphatic heterocycles. The first kappa shape index (κ1) is 16.9. The summed E-state index contributed by atoms with van der Waals surface area (Å²) in [6.45, 7) is 6.79. The van der Waals surface area contributed by atoms with Crippen LogP contribution in [0.25, 0.3) is 0 Å². The van der Waals surface area contributed by atoms with E-state index in [1.54, 1.807) is 0 Å². The van der Waals surface area contributed by atoms with Crippen molar-refractivity contribution < 1.29 is 19.4 Å². The molecule has 18 heavy (non-hydrogen) atoms. The van der Waals surface area contributed by atoms with E-state index in [4.69, 9.17) is 20.4 Å². The summed E-state index contributed by atoms with van der Waals surface area (Å²) in [6, 6.07) is 0.286. The highest BCUT2D eigenvalue weighted by Gasteiger charge is 2.28. The fraction of sp³-hybridized carbons (Fsp3) is 0.846. The number of aliphatic carboxylic acids is 1. The number of hydrogen-bond acceptors (Lipinski definition) is 4. The van der Waals surface area contributed by atoms with Gasteiger partial charge in [-0.3, -0.25) is 9.59 Å². The normalized spacial score (nSPS) is 23.6. The average Bonchev–Trinajstić information content (AvgIpc) is 2.14. The third kappa shape index (κ3) is 8.98. The minimum absolute atomic E-state index is 0.0515. The van der Waals surface area contributed by atoms with Gasteiger partial charge in [-0.25, -0.2) is 0 Å². The average molecular weight is 259 g/mol. The van der Waals surface area contributed by atoms with Crippen LogP contribution in [0.2, 0.25) is 0 Å². The molecule has 3 N–H and O–H groups in total. The lowest BCUT2D eigenvalue weighted by atomic mass is 9.86. The number of carboxylic acids is 1. The lowest BCUT2D eigenvalue weighted by molar-refractivity contribution is -0.161. The maximum absolute atomic E-state index is 11.7. The van der Waals surface area contributed by atoms with E-state index in [1.807, 2.05) is 20.8 Å². The van der Waals surface area contributed by atoms with Crippen molar-refractivity contribution in [1.82, 2.24) is 0 Å². The fourth-order valence-corrected chi connectivity index (χ4v) is 1.74. The SMILES string of the molecule is CC(=O)O.CC(C)(C)OC(=O)C1CCC(N)CC1. The number of hydrogen-bond donors (Lipinski definition) is 2. The fourth-order valence-electron chi connectivity index (χ4n) is 1.74. The number of rotatable bonds is 1. The second-order valence-electron chi connectivity index (χ2n) is 5.66. The first-order valence-corrected chi connectivity index (χ1v) is 6.30. The summed E-state index contributed by atoms with van der Waals surface area (Å²) in [4.78, 5) is 20.7. The molecule has 0 bridgehead atoms. The monoisotopic (exact) mass is 259 g/mol. The Hall–Kier alpha value is -1.10. The molecule has 0 aromatic heterocycles. The summed E-state index contributed by atoms with van der Waals surface area (Å²) < 4.78 is 5.33. The van der Waals surface area contributed by atoms with Gasteiger partial charge in [-0.15, -0.1) is 0 Å². The maximum atomic E-state index is 11.7. The number of carboxylic acid groups (broad SMARTS) is 1. The number of nitrogens with two attached hydrogens (primary N) is 1. The van der Waals surface area contributed by atoms with Crippen LogP contribution in [-0.4, -0.2) is 28.7 Å². The second-order valence-corrected chi connectivity index (χ2v) is 5.66. The van der Waals surface area contributed by atoms with Gasteiger partial charge in [0, 0.05) is 13.0 Å². The third-order valence-corrected chi connectivity index (χ3v) is 2.51. The van der Waals surface area contributed by atoms with Crippen molar-refractivity contribution in [2.45, 2.75) is 65.0 Å². The van der Waals surface area contributed by atoms with E-state index >= 15 is 0 Å². The Balaban J connectivity index is 0.000000631. The summed E-state index contributed by atoms with van der Waals surface area (Å²) in [5.74, 6) is -0.807. The molecule has 0 amide bonds. The highest BCUT2D eigenvalue weighted by atomic mass is 16.6. The van der Waals surface area contributed by atoms with Gasteiger partial charge in [0.25, 0.3) is 5.97 Å². The molecule has 0 atom stereocenters. The van der Waals surface area contributed by atoms with E-state index in [0.717, 1.165) is 32.6 Å². The highest BCUT2D eigenvalue weighted by Crippen LogP contribution is 2.25. The van der Waals surface area contributed by atoms with E-state index in [0.29, 0.717) is 0 Å². The maximum Gasteiger partial charge on any atom is 0.309 e. The van der Waals surface area contributed by atoms with Crippen LogP contribution in [0.4, 0.5) is 0 Å². The van der Waals surface area contributed by atoms with E-state index in [9.17, 15) is 4.79 Å². The molecule has 5 heteroatoms. The minimum atomic E-state index is -0.833. The Bertz CT molecular complexity index is 271. The molecule has 0 radical (unpaired) electrons. The molecule has 0 unspecified atom stereocenters. The first-order chi connectivity index (χ1) is 8.11. The molecule has 1 saturated carbocycles. The molecular formula is C13H25NO4. The molecule has 0 spiro atoms. The molecule has 5 nitrogen and oxygen atoms in total. The van der Waals surface area contributed by atoms with Crippen molar-refractivity contribution in [3.05, 3.63) is 0 Å². The molecule has 1 fully saturated rings. The molecular weight excluding hydrogens is 234 g/mol. The number of esters is 1. The molecule has 106 valence electrons.